The average Bonchev–Trinajstić information content (AvgIpc) is 2.95. The van der Waals surface area contributed by atoms with Crippen molar-refractivity contribution in [1.82, 2.24) is 4.98 Å². The molecule has 0 fully saturated rings. The summed E-state index contributed by atoms with van der Waals surface area (Å²) in [6.45, 7) is -0.215. The molecule has 0 saturated heterocycles. The fraction of sp³-hybridized carbons (Fsp3) is 0.154. The van der Waals surface area contributed by atoms with Gasteiger partial charge in [0.15, 0.2) is 5.13 Å². The van der Waals surface area contributed by atoms with Gasteiger partial charge in [0.25, 0.3) is 0 Å². The number of carbonyl (C=O) groups is 2. The van der Waals surface area contributed by atoms with Crippen LogP contribution in [0.25, 0.3) is 11.3 Å². The van der Waals surface area contributed by atoms with Crippen LogP contribution in [0.2, 0.25) is 0 Å². The zero-order valence-electron chi connectivity index (χ0n) is 11.5. The molecule has 6 nitrogen and oxygen atoms in total. The molecule has 23 heavy (non-hydrogen) atoms. The van der Waals surface area contributed by atoms with E-state index in [1.165, 1.54) is 18.2 Å². The maximum absolute atomic E-state index is 12.4. The molecule has 2 amide bonds. The first-order chi connectivity index (χ1) is 10.8. The number of nitrogens with one attached hydrogen (secondary N) is 2. The summed E-state index contributed by atoms with van der Waals surface area (Å²) < 4.78 is 37.1. The smallest absolute Gasteiger partial charge is 0.322 e. The normalized spacial score (nSPS) is 11.1. The molecule has 10 heteroatoms. The summed E-state index contributed by atoms with van der Waals surface area (Å²) in [6, 6.07) is 5.92. The van der Waals surface area contributed by atoms with Crippen molar-refractivity contribution in [3.63, 3.8) is 0 Å². The summed E-state index contributed by atoms with van der Waals surface area (Å²) in [4.78, 5) is 26.4. The van der Waals surface area contributed by atoms with Crippen LogP contribution in [0.3, 0.4) is 0 Å². The van der Waals surface area contributed by atoms with Crippen LogP contribution in [0.1, 0.15) is 0 Å². The molecule has 0 aliphatic carbocycles. The molecular formula is C13H11F3N4O2S. The number of aromatic nitrogens is 1. The van der Waals surface area contributed by atoms with Gasteiger partial charge in [0, 0.05) is 10.9 Å². The van der Waals surface area contributed by atoms with Crippen LogP contribution in [0.15, 0.2) is 29.6 Å². The second-order valence-corrected chi connectivity index (χ2v) is 5.15. The Morgan fingerprint density at radius 1 is 1.22 bits per heavy atom. The van der Waals surface area contributed by atoms with E-state index in [1.54, 1.807) is 16.8 Å². The SMILES string of the molecule is NCC(=O)Nc1nc(-c2ccccc2NC(=O)C(F)(F)F)cs1. The molecule has 0 saturated carbocycles. The number of alkyl halides is 3. The number of halogens is 3. The highest BCUT2D eigenvalue weighted by atomic mass is 32.1. The van der Waals surface area contributed by atoms with Gasteiger partial charge in [-0.2, -0.15) is 13.2 Å². The largest absolute Gasteiger partial charge is 0.471 e. The van der Waals surface area contributed by atoms with Crippen LogP contribution in [0, 0.1) is 0 Å². The monoisotopic (exact) mass is 344 g/mol. The van der Waals surface area contributed by atoms with Gasteiger partial charge in [-0.25, -0.2) is 4.98 Å². The van der Waals surface area contributed by atoms with Gasteiger partial charge in [-0.15, -0.1) is 11.3 Å². The zero-order chi connectivity index (χ0) is 17.0. The number of carbonyl (C=O) groups excluding carboxylic acids is 2. The van der Waals surface area contributed by atoms with E-state index in [-0.39, 0.29) is 17.4 Å². The Hall–Kier alpha value is -2.46. The summed E-state index contributed by atoms with van der Waals surface area (Å²) in [5.74, 6) is -2.51. The molecule has 1 aromatic heterocycles. The third-order valence-corrected chi connectivity index (χ3v) is 3.40. The molecule has 1 aromatic carbocycles. The van der Waals surface area contributed by atoms with Crippen LogP contribution < -0.4 is 16.4 Å². The molecule has 0 radical (unpaired) electrons. The number of para-hydroxylation sites is 1. The molecule has 0 aliphatic heterocycles. The summed E-state index contributed by atoms with van der Waals surface area (Å²) in [7, 11) is 0. The first-order valence-corrected chi connectivity index (χ1v) is 7.12. The van der Waals surface area contributed by atoms with E-state index in [0.29, 0.717) is 11.3 Å². The number of nitrogens with zero attached hydrogens (tertiary/aromatic N) is 1. The van der Waals surface area contributed by atoms with Crippen molar-refractivity contribution < 1.29 is 22.8 Å². The van der Waals surface area contributed by atoms with Crippen molar-refractivity contribution in [1.29, 1.82) is 0 Å². The van der Waals surface area contributed by atoms with Gasteiger partial charge in [-0.1, -0.05) is 18.2 Å². The second kappa shape index (κ2) is 6.75. The fourth-order valence-corrected chi connectivity index (χ4v) is 2.36. The highest BCUT2D eigenvalue weighted by molar-refractivity contribution is 7.14. The standard InChI is InChI=1S/C13H11F3N4O2S/c14-13(15,16)11(22)18-8-4-2-1-3-7(8)9-6-23-12(19-9)20-10(21)5-17/h1-4,6H,5,17H2,(H,18,22)(H,19,20,21). The van der Waals surface area contributed by atoms with Crippen molar-refractivity contribution in [2.24, 2.45) is 5.73 Å². The summed E-state index contributed by atoms with van der Waals surface area (Å²) >= 11 is 1.09. The number of hydrogen-bond donors (Lipinski definition) is 3. The Kier molecular flexibility index (Phi) is 4.96. The molecule has 0 aliphatic rings. The van der Waals surface area contributed by atoms with Gasteiger partial charge in [-0.3, -0.25) is 9.59 Å². The highest BCUT2D eigenvalue weighted by Gasteiger charge is 2.39. The zero-order valence-corrected chi connectivity index (χ0v) is 12.3. The van der Waals surface area contributed by atoms with Crippen molar-refractivity contribution in [2.75, 3.05) is 17.2 Å². The number of hydrogen-bond acceptors (Lipinski definition) is 5. The number of rotatable bonds is 4. The number of amides is 2. The van der Waals surface area contributed by atoms with Gasteiger partial charge in [0.1, 0.15) is 0 Å². The van der Waals surface area contributed by atoms with E-state index in [2.05, 4.69) is 10.3 Å². The van der Waals surface area contributed by atoms with Gasteiger partial charge in [0.2, 0.25) is 5.91 Å². The number of nitrogens with two attached hydrogens (primary N) is 1. The van der Waals surface area contributed by atoms with Crippen LogP contribution in [0.4, 0.5) is 24.0 Å². The molecule has 2 rings (SSSR count). The molecular weight excluding hydrogens is 333 g/mol. The predicted molar refractivity (Wildman–Crippen MR) is 79.9 cm³/mol. The van der Waals surface area contributed by atoms with E-state index in [4.69, 9.17) is 5.73 Å². The summed E-state index contributed by atoms with van der Waals surface area (Å²) in [5, 5.41) is 6.05. The predicted octanol–water partition coefficient (Wildman–Crippen LogP) is 2.21. The Morgan fingerprint density at radius 2 is 1.91 bits per heavy atom. The summed E-state index contributed by atoms with van der Waals surface area (Å²) in [5.41, 5.74) is 5.76. The molecule has 2 aromatic rings. The van der Waals surface area contributed by atoms with Crippen molar-refractivity contribution in [2.45, 2.75) is 6.18 Å². The minimum absolute atomic E-state index is 0.0307. The number of thiazole rings is 1. The Morgan fingerprint density at radius 3 is 2.57 bits per heavy atom. The maximum atomic E-state index is 12.4. The van der Waals surface area contributed by atoms with E-state index in [1.807, 2.05) is 0 Å². The lowest BCUT2D eigenvalue weighted by molar-refractivity contribution is -0.167. The molecule has 0 unspecified atom stereocenters. The molecule has 1 heterocycles. The van der Waals surface area contributed by atoms with E-state index < -0.39 is 18.0 Å². The van der Waals surface area contributed by atoms with E-state index in [0.717, 1.165) is 11.3 Å². The Balaban J connectivity index is 2.27. The van der Waals surface area contributed by atoms with Crippen LogP contribution in [-0.4, -0.2) is 29.5 Å². The summed E-state index contributed by atoms with van der Waals surface area (Å²) in [6.07, 6.45) is -4.99. The molecule has 4 N–H and O–H groups in total. The van der Waals surface area contributed by atoms with Gasteiger partial charge < -0.3 is 16.4 Å². The second-order valence-electron chi connectivity index (χ2n) is 4.29. The van der Waals surface area contributed by atoms with Crippen molar-refractivity contribution >= 4 is 34.0 Å². The molecule has 0 spiro atoms. The number of benzene rings is 1. The fourth-order valence-electron chi connectivity index (χ4n) is 1.63. The topological polar surface area (TPSA) is 97.1 Å². The van der Waals surface area contributed by atoms with Crippen LogP contribution in [0.5, 0.6) is 0 Å². The lowest BCUT2D eigenvalue weighted by Crippen LogP contribution is -2.30. The minimum atomic E-state index is -4.99. The molecule has 0 bridgehead atoms. The first-order valence-electron chi connectivity index (χ1n) is 6.24. The minimum Gasteiger partial charge on any atom is -0.322 e. The third-order valence-electron chi connectivity index (χ3n) is 2.64. The average molecular weight is 344 g/mol. The molecule has 122 valence electrons. The van der Waals surface area contributed by atoms with E-state index in [9.17, 15) is 22.8 Å². The first kappa shape index (κ1) is 16.9. The van der Waals surface area contributed by atoms with Crippen molar-refractivity contribution in [3.8, 4) is 11.3 Å². The lowest BCUT2D eigenvalue weighted by atomic mass is 10.1. The maximum Gasteiger partial charge on any atom is 0.471 e. The molecule has 0 atom stereocenters. The highest BCUT2D eigenvalue weighted by Crippen LogP contribution is 2.31. The quantitative estimate of drug-likeness (QED) is 0.792. The Bertz CT molecular complexity index is 730. The van der Waals surface area contributed by atoms with Crippen LogP contribution in [-0.2, 0) is 9.59 Å². The van der Waals surface area contributed by atoms with E-state index >= 15 is 0 Å². The number of anilines is 2. The van der Waals surface area contributed by atoms with Gasteiger partial charge in [-0.05, 0) is 6.07 Å². The van der Waals surface area contributed by atoms with Crippen molar-refractivity contribution in [3.05, 3.63) is 29.6 Å². The third kappa shape index (κ3) is 4.27. The Labute approximate surface area is 132 Å². The van der Waals surface area contributed by atoms with Gasteiger partial charge in [0.05, 0.1) is 17.9 Å². The van der Waals surface area contributed by atoms with Crippen LogP contribution >= 0.6 is 11.3 Å². The van der Waals surface area contributed by atoms with Gasteiger partial charge >= 0.3 is 12.1 Å². The lowest BCUT2D eigenvalue weighted by Gasteiger charge is -2.11.